The van der Waals surface area contributed by atoms with Gasteiger partial charge in [0.2, 0.25) is 0 Å². The maximum Gasteiger partial charge on any atom is 0.152 e. The highest BCUT2D eigenvalue weighted by molar-refractivity contribution is 5.58. The Morgan fingerprint density at radius 1 is 1.67 bits per heavy atom. The molecule has 0 aliphatic carbocycles. The molecule has 0 spiro atoms. The van der Waals surface area contributed by atoms with Crippen LogP contribution in [0.4, 0.5) is 11.5 Å². The van der Waals surface area contributed by atoms with Crippen LogP contribution in [-0.2, 0) is 4.74 Å². The molecule has 1 aromatic heterocycles. The van der Waals surface area contributed by atoms with Crippen LogP contribution in [0.25, 0.3) is 0 Å². The predicted octanol–water partition coefficient (Wildman–Crippen LogP) is -0.132. The van der Waals surface area contributed by atoms with Crippen molar-refractivity contribution in [2.75, 3.05) is 31.3 Å². The van der Waals surface area contributed by atoms with Gasteiger partial charge in [-0.3, -0.25) is 0 Å². The standard InChI is InChI=1S/C9H16N4O2/c1-15-5-7(14)2-3-12-9-8(10)4-11-6-13-9/h4,6-7,14H,2-3,5,10H2,1H3,(H,11,12,13). The molecule has 6 nitrogen and oxygen atoms in total. The Balaban J connectivity index is 2.29. The highest BCUT2D eigenvalue weighted by atomic mass is 16.5. The van der Waals surface area contributed by atoms with Crippen molar-refractivity contribution in [2.45, 2.75) is 12.5 Å². The Kier molecular flexibility index (Phi) is 4.79. The minimum absolute atomic E-state index is 0.334. The first kappa shape index (κ1) is 11.7. The molecule has 0 amide bonds. The van der Waals surface area contributed by atoms with Gasteiger partial charge >= 0.3 is 0 Å². The van der Waals surface area contributed by atoms with E-state index in [4.69, 9.17) is 10.5 Å². The summed E-state index contributed by atoms with van der Waals surface area (Å²) in [5, 5.41) is 12.4. The summed E-state index contributed by atoms with van der Waals surface area (Å²) in [5.74, 6) is 0.592. The summed E-state index contributed by atoms with van der Waals surface area (Å²) in [4.78, 5) is 7.73. The Morgan fingerprint density at radius 2 is 2.47 bits per heavy atom. The number of hydrogen-bond acceptors (Lipinski definition) is 6. The lowest BCUT2D eigenvalue weighted by Gasteiger charge is -2.11. The van der Waals surface area contributed by atoms with E-state index >= 15 is 0 Å². The molecule has 1 atom stereocenters. The molecular formula is C9H16N4O2. The molecule has 0 aromatic carbocycles. The van der Waals surface area contributed by atoms with E-state index in [1.807, 2.05) is 0 Å². The van der Waals surface area contributed by atoms with Crippen molar-refractivity contribution >= 4 is 11.5 Å². The van der Waals surface area contributed by atoms with Crippen LogP contribution in [0.3, 0.4) is 0 Å². The lowest BCUT2D eigenvalue weighted by atomic mass is 10.2. The number of nitrogens with zero attached hydrogens (tertiary/aromatic N) is 2. The summed E-state index contributed by atoms with van der Waals surface area (Å²) in [6.45, 7) is 0.923. The summed E-state index contributed by atoms with van der Waals surface area (Å²) in [5.41, 5.74) is 6.12. The van der Waals surface area contributed by atoms with Crippen LogP contribution in [0.1, 0.15) is 6.42 Å². The van der Waals surface area contributed by atoms with Crippen LogP contribution in [0.5, 0.6) is 0 Å². The molecule has 0 fully saturated rings. The topological polar surface area (TPSA) is 93.3 Å². The second-order valence-electron chi connectivity index (χ2n) is 3.15. The Bertz CT molecular complexity index is 295. The molecule has 15 heavy (non-hydrogen) atoms. The molecule has 0 aliphatic heterocycles. The minimum atomic E-state index is -0.467. The van der Waals surface area contributed by atoms with Crippen LogP contribution in [0.2, 0.25) is 0 Å². The van der Waals surface area contributed by atoms with E-state index in [1.54, 1.807) is 7.11 Å². The molecule has 1 heterocycles. The highest BCUT2D eigenvalue weighted by Crippen LogP contribution is 2.11. The van der Waals surface area contributed by atoms with Crippen LogP contribution < -0.4 is 11.1 Å². The molecular weight excluding hydrogens is 196 g/mol. The predicted molar refractivity (Wildman–Crippen MR) is 57.4 cm³/mol. The maximum absolute atomic E-state index is 9.37. The fourth-order valence-corrected chi connectivity index (χ4v) is 1.12. The monoisotopic (exact) mass is 212 g/mol. The van der Waals surface area contributed by atoms with E-state index in [0.717, 1.165) is 0 Å². The summed E-state index contributed by atoms with van der Waals surface area (Å²) >= 11 is 0. The van der Waals surface area contributed by atoms with Gasteiger partial charge in [-0.2, -0.15) is 0 Å². The van der Waals surface area contributed by atoms with Gasteiger partial charge in [0.25, 0.3) is 0 Å². The van der Waals surface area contributed by atoms with E-state index in [9.17, 15) is 5.11 Å². The average molecular weight is 212 g/mol. The quantitative estimate of drug-likeness (QED) is 0.608. The number of methoxy groups -OCH3 is 1. The number of aromatic nitrogens is 2. The fraction of sp³-hybridized carbons (Fsp3) is 0.556. The first-order valence-electron chi connectivity index (χ1n) is 4.70. The summed E-state index contributed by atoms with van der Waals surface area (Å²) in [7, 11) is 1.55. The molecule has 1 unspecified atom stereocenters. The average Bonchev–Trinajstić information content (AvgIpc) is 2.21. The fourth-order valence-electron chi connectivity index (χ4n) is 1.12. The van der Waals surface area contributed by atoms with Gasteiger partial charge in [-0.25, -0.2) is 9.97 Å². The number of nitrogens with two attached hydrogens (primary N) is 1. The van der Waals surface area contributed by atoms with E-state index < -0.39 is 6.10 Å². The van der Waals surface area contributed by atoms with Crippen molar-refractivity contribution in [3.63, 3.8) is 0 Å². The van der Waals surface area contributed by atoms with Gasteiger partial charge in [0.05, 0.1) is 24.6 Å². The number of rotatable bonds is 6. The number of aliphatic hydroxyl groups is 1. The van der Waals surface area contributed by atoms with Gasteiger partial charge in [-0.05, 0) is 6.42 Å². The van der Waals surface area contributed by atoms with Crippen molar-refractivity contribution < 1.29 is 9.84 Å². The zero-order valence-electron chi connectivity index (χ0n) is 8.68. The molecule has 4 N–H and O–H groups in total. The number of anilines is 2. The van der Waals surface area contributed by atoms with Crippen molar-refractivity contribution in [3.8, 4) is 0 Å². The third-order valence-corrected chi connectivity index (χ3v) is 1.87. The van der Waals surface area contributed by atoms with Crippen LogP contribution in [0, 0.1) is 0 Å². The minimum Gasteiger partial charge on any atom is -0.394 e. The highest BCUT2D eigenvalue weighted by Gasteiger charge is 2.04. The van der Waals surface area contributed by atoms with Crippen molar-refractivity contribution in [2.24, 2.45) is 0 Å². The number of nitrogen functional groups attached to an aromatic ring is 1. The summed E-state index contributed by atoms with van der Waals surface area (Å²) in [6, 6.07) is 0. The third-order valence-electron chi connectivity index (χ3n) is 1.87. The first-order valence-corrected chi connectivity index (χ1v) is 4.70. The van der Waals surface area contributed by atoms with Crippen molar-refractivity contribution in [1.29, 1.82) is 0 Å². The second kappa shape index (κ2) is 6.15. The van der Waals surface area contributed by atoms with Gasteiger partial charge < -0.3 is 20.9 Å². The number of ether oxygens (including phenoxy) is 1. The summed E-state index contributed by atoms with van der Waals surface area (Å²) in [6.07, 6.45) is 3.06. The zero-order valence-corrected chi connectivity index (χ0v) is 8.68. The van der Waals surface area contributed by atoms with Gasteiger partial charge in [0.15, 0.2) is 5.82 Å². The largest absolute Gasteiger partial charge is 0.394 e. The second-order valence-corrected chi connectivity index (χ2v) is 3.15. The summed E-state index contributed by atoms with van der Waals surface area (Å²) < 4.78 is 4.80. The number of nitrogens with one attached hydrogen (secondary N) is 1. The number of aliphatic hydroxyl groups excluding tert-OH is 1. The SMILES string of the molecule is COCC(O)CCNc1ncncc1N. The molecule has 1 aromatic rings. The zero-order chi connectivity index (χ0) is 11.1. The molecule has 0 saturated heterocycles. The van der Waals surface area contributed by atoms with Crippen molar-refractivity contribution in [3.05, 3.63) is 12.5 Å². The Hall–Kier alpha value is -1.40. The molecule has 84 valence electrons. The molecule has 0 saturated carbocycles. The van der Waals surface area contributed by atoms with Gasteiger partial charge in [-0.15, -0.1) is 0 Å². The van der Waals surface area contributed by atoms with Gasteiger partial charge in [0.1, 0.15) is 6.33 Å². The molecule has 0 bridgehead atoms. The molecule has 1 rings (SSSR count). The normalized spacial score (nSPS) is 12.4. The van der Waals surface area contributed by atoms with Crippen LogP contribution in [-0.4, -0.2) is 41.4 Å². The Labute approximate surface area is 88.5 Å². The van der Waals surface area contributed by atoms with E-state index in [1.165, 1.54) is 12.5 Å². The Morgan fingerprint density at radius 3 is 3.13 bits per heavy atom. The lowest BCUT2D eigenvalue weighted by Crippen LogP contribution is -2.19. The van der Waals surface area contributed by atoms with E-state index in [-0.39, 0.29) is 0 Å². The van der Waals surface area contributed by atoms with Crippen LogP contribution >= 0.6 is 0 Å². The molecule has 6 heteroatoms. The smallest absolute Gasteiger partial charge is 0.152 e. The van der Waals surface area contributed by atoms with Crippen molar-refractivity contribution in [1.82, 2.24) is 9.97 Å². The van der Waals surface area contributed by atoms with E-state index in [0.29, 0.717) is 31.1 Å². The maximum atomic E-state index is 9.37. The number of hydrogen-bond donors (Lipinski definition) is 3. The van der Waals surface area contributed by atoms with Gasteiger partial charge in [-0.1, -0.05) is 0 Å². The molecule has 0 aliphatic rings. The first-order chi connectivity index (χ1) is 7.24. The molecule has 0 radical (unpaired) electrons. The van der Waals surface area contributed by atoms with E-state index in [2.05, 4.69) is 15.3 Å². The van der Waals surface area contributed by atoms with Gasteiger partial charge in [0, 0.05) is 13.7 Å². The lowest BCUT2D eigenvalue weighted by molar-refractivity contribution is 0.0615. The third kappa shape index (κ3) is 4.09. The van der Waals surface area contributed by atoms with Crippen LogP contribution in [0.15, 0.2) is 12.5 Å².